The molecule has 27 heavy (non-hydrogen) atoms. The number of carboxylic acids is 1. The van der Waals surface area contributed by atoms with Crippen LogP contribution in [0.1, 0.15) is 36.4 Å². The van der Waals surface area contributed by atoms with Gasteiger partial charge in [0.1, 0.15) is 0 Å². The number of para-hydroxylation sites is 1. The summed E-state index contributed by atoms with van der Waals surface area (Å²) < 4.78 is 23.4. The van der Waals surface area contributed by atoms with Gasteiger partial charge in [0.2, 0.25) is 0 Å². The first kappa shape index (κ1) is 20.0. The normalized spacial score (nSPS) is 19.0. The number of nitrogens with zero attached hydrogens (tertiary/aromatic N) is 1. The summed E-state index contributed by atoms with van der Waals surface area (Å²) in [5, 5.41) is 12.7. The summed E-state index contributed by atoms with van der Waals surface area (Å²) in [7, 11) is -1.58. The second-order valence-corrected chi connectivity index (χ2v) is 8.96. The van der Waals surface area contributed by atoms with E-state index >= 15 is 0 Å². The molecule has 3 rings (SSSR count). The van der Waals surface area contributed by atoms with Crippen molar-refractivity contribution in [2.45, 2.75) is 30.2 Å². The van der Waals surface area contributed by atoms with Crippen molar-refractivity contribution in [3.05, 3.63) is 58.6 Å². The molecule has 0 aromatic heterocycles. The van der Waals surface area contributed by atoms with Crippen LogP contribution in [0.3, 0.4) is 0 Å². The molecule has 0 amide bonds. The molecule has 0 saturated heterocycles. The Hall–Kier alpha value is -1.77. The van der Waals surface area contributed by atoms with Crippen LogP contribution in [0.2, 0.25) is 5.02 Å². The lowest BCUT2D eigenvalue weighted by Gasteiger charge is -2.41. The van der Waals surface area contributed by atoms with Gasteiger partial charge in [-0.25, -0.2) is 0 Å². The number of anilines is 1. The highest BCUT2D eigenvalue weighted by Crippen LogP contribution is 2.59. The third-order valence-corrected chi connectivity index (χ3v) is 6.86. The van der Waals surface area contributed by atoms with E-state index in [0.717, 1.165) is 16.8 Å². The second kappa shape index (κ2) is 8.08. The third kappa shape index (κ3) is 4.07. The number of carbonyl (C=O) groups is 1. The average molecular weight is 411 g/mol. The van der Waals surface area contributed by atoms with Gasteiger partial charge in [0.25, 0.3) is 0 Å². The van der Waals surface area contributed by atoms with Gasteiger partial charge in [-0.1, -0.05) is 46.6 Å². The lowest BCUT2D eigenvalue weighted by molar-refractivity contribution is -0.137. The van der Waals surface area contributed by atoms with Crippen LogP contribution in [-0.2, 0) is 4.79 Å². The van der Waals surface area contributed by atoms with Crippen LogP contribution >= 0.6 is 22.4 Å². The van der Waals surface area contributed by atoms with Crippen LogP contribution in [-0.4, -0.2) is 33.8 Å². The Kier molecular flexibility index (Phi) is 5.98. The number of hydrogen-bond acceptors (Lipinski definition) is 5. The maximum atomic E-state index is 10.9. The quantitative estimate of drug-likeness (QED) is 0.513. The molecule has 0 fully saturated rings. The number of fused-ring (bicyclic) bond motifs is 2. The minimum atomic E-state index is -3.24. The zero-order chi connectivity index (χ0) is 19.6. The molecule has 2 aromatic carbocycles. The van der Waals surface area contributed by atoms with E-state index in [4.69, 9.17) is 16.7 Å². The van der Waals surface area contributed by atoms with Gasteiger partial charge in [0.05, 0.1) is 16.6 Å². The predicted octanol–water partition coefficient (Wildman–Crippen LogP) is 4.75. The Morgan fingerprint density at radius 3 is 2.67 bits per heavy atom. The van der Waals surface area contributed by atoms with Gasteiger partial charge in [-0.2, -0.15) is 0 Å². The highest BCUT2D eigenvalue weighted by Gasteiger charge is 2.35. The van der Waals surface area contributed by atoms with Crippen LogP contribution in [0.25, 0.3) is 0 Å². The van der Waals surface area contributed by atoms with Crippen LogP contribution in [0.5, 0.6) is 0 Å². The Labute approximate surface area is 165 Å². The molecular formula is C19H23ClN2O4S. The molecule has 1 unspecified atom stereocenters. The Morgan fingerprint density at radius 2 is 1.93 bits per heavy atom. The van der Waals surface area contributed by atoms with Crippen molar-refractivity contribution in [3.8, 4) is 0 Å². The van der Waals surface area contributed by atoms with Crippen LogP contribution in [0, 0.1) is 0 Å². The molecule has 0 bridgehead atoms. The largest absolute Gasteiger partial charge is 0.481 e. The van der Waals surface area contributed by atoms with Crippen molar-refractivity contribution < 1.29 is 19.0 Å². The van der Waals surface area contributed by atoms with Crippen molar-refractivity contribution >= 4 is 34.0 Å². The Balaban J connectivity index is 1.99. The van der Waals surface area contributed by atoms with Gasteiger partial charge < -0.3 is 10.4 Å². The van der Waals surface area contributed by atoms with Gasteiger partial charge in [-0.3, -0.25) is 18.2 Å². The van der Waals surface area contributed by atoms with E-state index in [1.54, 1.807) is 19.2 Å². The fourth-order valence-corrected chi connectivity index (χ4v) is 5.08. The van der Waals surface area contributed by atoms with Gasteiger partial charge in [0, 0.05) is 18.5 Å². The van der Waals surface area contributed by atoms with E-state index in [-0.39, 0.29) is 12.5 Å². The van der Waals surface area contributed by atoms with Crippen molar-refractivity contribution in [1.29, 1.82) is 0 Å². The highest BCUT2D eigenvalue weighted by molar-refractivity contribution is 8.25. The smallest absolute Gasteiger partial charge is 0.303 e. The minimum absolute atomic E-state index is 0.137. The summed E-state index contributed by atoms with van der Waals surface area (Å²) in [6.45, 7) is 0.608. The molecule has 0 aliphatic carbocycles. The fourth-order valence-electron chi connectivity index (χ4n) is 3.32. The number of aliphatic carboxylic acids is 1. The first-order chi connectivity index (χ1) is 12.8. The zero-order valence-electron chi connectivity index (χ0n) is 14.9. The minimum Gasteiger partial charge on any atom is -0.481 e. The van der Waals surface area contributed by atoms with Crippen molar-refractivity contribution in [1.82, 2.24) is 5.32 Å². The van der Waals surface area contributed by atoms with Crippen molar-refractivity contribution in [2.24, 2.45) is 0 Å². The summed E-state index contributed by atoms with van der Waals surface area (Å²) in [5.74, 6) is -0.801. The molecule has 6 nitrogen and oxygen atoms in total. The lowest BCUT2D eigenvalue weighted by Crippen LogP contribution is -2.24. The molecule has 146 valence electrons. The Morgan fingerprint density at radius 1 is 1.19 bits per heavy atom. The summed E-state index contributed by atoms with van der Waals surface area (Å²) in [6.07, 6.45) is 1.43. The van der Waals surface area contributed by atoms with Crippen LogP contribution < -0.4 is 9.62 Å². The molecule has 1 atom stereocenters. The first-order valence-electron chi connectivity index (χ1n) is 8.68. The number of unbranched alkanes of at least 4 members (excludes halogenated alkanes) is 1. The standard InChI is InChI=1S/C19H23ClN2O4S/c1-22-16-7-3-2-6-14(16)19(21-11-5-4-8-18(23)24)15-10-9-13(20)12-17(15)27(22,25)26/h2-3,6-7,9-10,12,19,21,25-26H,4-5,8,11H2,1H3,(H,23,24). The third-order valence-electron chi connectivity index (χ3n) is 4.72. The van der Waals surface area contributed by atoms with E-state index in [2.05, 4.69) is 5.32 Å². The molecule has 1 aliphatic rings. The van der Waals surface area contributed by atoms with E-state index < -0.39 is 16.7 Å². The van der Waals surface area contributed by atoms with E-state index in [9.17, 15) is 13.9 Å². The maximum absolute atomic E-state index is 10.9. The number of halogens is 1. The van der Waals surface area contributed by atoms with Gasteiger partial charge in [-0.15, -0.1) is 0 Å². The fraction of sp³-hybridized carbons (Fsp3) is 0.316. The Bertz CT molecular complexity index is 846. The number of benzene rings is 2. The lowest BCUT2D eigenvalue weighted by atomic mass is 9.96. The van der Waals surface area contributed by atoms with Crippen LogP contribution in [0.4, 0.5) is 5.69 Å². The molecule has 0 spiro atoms. The van der Waals surface area contributed by atoms with Crippen LogP contribution in [0.15, 0.2) is 47.4 Å². The maximum Gasteiger partial charge on any atom is 0.303 e. The average Bonchev–Trinajstić information content (AvgIpc) is 2.70. The summed E-state index contributed by atoms with van der Waals surface area (Å²) >= 11 is 6.14. The monoisotopic (exact) mass is 410 g/mol. The molecule has 0 radical (unpaired) electrons. The number of nitrogens with one attached hydrogen (secondary N) is 1. The first-order valence-corrected chi connectivity index (χ1v) is 10.6. The van der Waals surface area contributed by atoms with Crippen molar-refractivity contribution in [3.63, 3.8) is 0 Å². The van der Waals surface area contributed by atoms with Gasteiger partial charge in [-0.05, 0) is 48.7 Å². The van der Waals surface area contributed by atoms with Gasteiger partial charge >= 0.3 is 5.97 Å². The number of carboxylic acid groups (broad SMARTS) is 1. The summed E-state index contributed by atoms with van der Waals surface area (Å²) in [4.78, 5) is 11.1. The zero-order valence-corrected chi connectivity index (χ0v) is 16.5. The summed E-state index contributed by atoms with van der Waals surface area (Å²) in [6, 6.07) is 12.5. The molecule has 8 heteroatoms. The number of hydrogen-bond donors (Lipinski definition) is 4. The molecule has 2 aromatic rings. The van der Waals surface area contributed by atoms with E-state index in [0.29, 0.717) is 29.3 Å². The highest BCUT2D eigenvalue weighted by atomic mass is 35.5. The topological polar surface area (TPSA) is 93.0 Å². The molecular weight excluding hydrogens is 388 g/mol. The second-order valence-electron chi connectivity index (χ2n) is 6.50. The molecule has 4 N–H and O–H groups in total. The molecule has 1 aliphatic heterocycles. The SMILES string of the molecule is CN1c2ccccc2C(NCCCCC(=O)O)c2ccc(Cl)cc2S1(O)O. The van der Waals surface area contributed by atoms with Crippen molar-refractivity contribution in [2.75, 3.05) is 17.9 Å². The summed E-state index contributed by atoms with van der Waals surface area (Å²) in [5.41, 5.74) is 2.42. The van der Waals surface area contributed by atoms with E-state index in [1.165, 1.54) is 4.31 Å². The molecule has 0 saturated carbocycles. The predicted molar refractivity (Wildman–Crippen MR) is 109 cm³/mol. The number of rotatable bonds is 6. The van der Waals surface area contributed by atoms with E-state index in [1.807, 2.05) is 30.3 Å². The van der Waals surface area contributed by atoms with Gasteiger partial charge in [0.15, 0.2) is 0 Å². The molecule has 1 heterocycles.